The quantitative estimate of drug-likeness (QED) is 0.542. The molecular formula is C22H20ClNO5. The number of benzene rings is 2. The average molecular weight is 414 g/mol. The molecule has 0 aromatic heterocycles. The molecule has 0 bridgehead atoms. The number of methoxy groups -OCH3 is 3. The third kappa shape index (κ3) is 3.84. The number of allylic oxidation sites excluding steroid dienone is 1. The van der Waals surface area contributed by atoms with Gasteiger partial charge in [-0.3, -0.25) is 9.69 Å². The summed E-state index contributed by atoms with van der Waals surface area (Å²) < 4.78 is 15.5. The second-order valence-electron chi connectivity index (χ2n) is 6.24. The number of nitrogens with zero attached hydrogens (tertiary/aromatic N) is 1. The van der Waals surface area contributed by atoms with Gasteiger partial charge in [-0.05, 0) is 55.0 Å². The maximum absolute atomic E-state index is 13.2. The number of halogens is 1. The van der Waals surface area contributed by atoms with Gasteiger partial charge in [0.1, 0.15) is 0 Å². The summed E-state index contributed by atoms with van der Waals surface area (Å²) >= 11 is 5.96. The summed E-state index contributed by atoms with van der Waals surface area (Å²) in [5, 5.41) is 0.552. The number of carbonyl (C=O) groups is 2. The van der Waals surface area contributed by atoms with Crippen molar-refractivity contribution in [3.63, 3.8) is 0 Å². The molecule has 0 spiro atoms. The first kappa shape index (κ1) is 20.5. The molecule has 150 valence electrons. The van der Waals surface area contributed by atoms with Crippen LogP contribution in [0.5, 0.6) is 11.5 Å². The van der Waals surface area contributed by atoms with E-state index in [0.717, 1.165) is 0 Å². The van der Waals surface area contributed by atoms with Crippen LogP contribution in [0.2, 0.25) is 5.02 Å². The number of ether oxygens (including phenoxy) is 3. The highest BCUT2D eigenvalue weighted by molar-refractivity contribution is 6.30. The molecule has 0 saturated heterocycles. The minimum absolute atomic E-state index is 0.210. The van der Waals surface area contributed by atoms with Gasteiger partial charge in [-0.25, -0.2) is 4.79 Å². The highest BCUT2D eigenvalue weighted by atomic mass is 35.5. The Morgan fingerprint density at radius 2 is 1.66 bits per heavy atom. The number of carbonyl (C=O) groups excluding carboxylic acids is 2. The summed E-state index contributed by atoms with van der Waals surface area (Å²) in [5.74, 6) is 0.163. The fourth-order valence-corrected chi connectivity index (χ4v) is 3.32. The average Bonchev–Trinajstić information content (AvgIpc) is 2.97. The van der Waals surface area contributed by atoms with Crippen molar-refractivity contribution < 1.29 is 23.8 Å². The lowest BCUT2D eigenvalue weighted by Gasteiger charge is -2.18. The third-order valence-electron chi connectivity index (χ3n) is 4.59. The lowest BCUT2D eigenvalue weighted by Crippen LogP contribution is -2.24. The fraction of sp³-hybridized carbons (Fsp3) is 0.182. The van der Waals surface area contributed by atoms with Gasteiger partial charge >= 0.3 is 5.97 Å². The van der Waals surface area contributed by atoms with E-state index in [4.69, 9.17) is 25.8 Å². The fourth-order valence-electron chi connectivity index (χ4n) is 3.19. The summed E-state index contributed by atoms with van der Waals surface area (Å²) in [7, 11) is 4.36. The van der Waals surface area contributed by atoms with Gasteiger partial charge in [0.05, 0.1) is 32.5 Å². The summed E-state index contributed by atoms with van der Waals surface area (Å²) in [6.07, 6.45) is 1.63. The lowest BCUT2D eigenvalue weighted by molar-refractivity contribution is -0.136. The smallest absolute Gasteiger partial charge is 0.340 e. The number of esters is 1. The van der Waals surface area contributed by atoms with Gasteiger partial charge in [0, 0.05) is 16.4 Å². The van der Waals surface area contributed by atoms with Crippen molar-refractivity contribution in [3.8, 4) is 11.5 Å². The SMILES string of the molecule is COC(=O)C1=C(C)N(c2ccc(Cl)cc2)C(=O)/C1=C\c1ccc(OC)c(OC)c1. The van der Waals surface area contributed by atoms with E-state index < -0.39 is 5.97 Å². The summed E-state index contributed by atoms with van der Waals surface area (Å²) in [6.45, 7) is 1.70. The molecule has 2 aromatic rings. The molecule has 1 heterocycles. The molecule has 2 aromatic carbocycles. The van der Waals surface area contributed by atoms with Crippen LogP contribution in [0.3, 0.4) is 0 Å². The zero-order valence-electron chi connectivity index (χ0n) is 16.5. The number of hydrogen-bond acceptors (Lipinski definition) is 5. The van der Waals surface area contributed by atoms with E-state index in [1.165, 1.54) is 19.1 Å². The van der Waals surface area contributed by atoms with Crippen molar-refractivity contribution in [2.45, 2.75) is 6.92 Å². The number of rotatable bonds is 5. The second-order valence-corrected chi connectivity index (χ2v) is 6.68. The highest BCUT2D eigenvalue weighted by Crippen LogP contribution is 2.36. The zero-order chi connectivity index (χ0) is 21.1. The maximum Gasteiger partial charge on any atom is 0.340 e. The van der Waals surface area contributed by atoms with Crippen molar-refractivity contribution in [2.24, 2.45) is 0 Å². The van der Waals surface area contributed by atoms with E-state index in [1.54, 1.807) is 62.6 Å². The van der Waals surface area contributed by atoms with Gasteiger partial charge in [0.2, 0.25) is 0 Å². The van der Waals surface area contributed by atoms with E-state index in [-0.39, 0.29) is 17.1 Å². The minimum atomic E-state index is -0.584. The molecule has 3 rings (SSSR count). The van der Waals surface area contributed by atoms with Gasteiger partial charge in [-0.2, -0.15) is 0 Å². The Kier molecular flexibility index (Phi) is 5.94. The van der Waals surface area contributed by atoms with Crippen LogP contribution in [-0.2, 0) is 14.3 Å². The summed E-state index contributed by atoms with van der Waals surface area (Å²) in [4.78, 5) is 27.2. The molecule has 0 unspecified atom stereocenters. The maximum atomic E-state index is 13.2. The normalized spacial score (nSPS) is 15.1. The molecule has 29 heavy (non-hydrogen) atoms. The Labute approximate surface area is 173 Å². The predicted molar refractivity (Wildman–Crippen MR) is 111 cm³/mol. The van der Waals surface area contributed by atoms with Crippen LogP contribution in [0.25, 0.3) is 6.08 Å². The zero-order valence-corrected chi connectivity index (χ0v) is 17.2. The molecule has 0 aliphatic carbocycles. The molecule has 0 radical (unpaired) electrons. The summed E-state index contributed by atoms with van der Waals surface area (Å²) in [5.41, 5.74) is 2.21. The largest absolute Gasteiger partial charge is 0.493 e. The highest BCUT2D eigenvalue weighted by Gasteiger charge is 2.37. The molecular weight excluding hydrogens is 394 g/mol. The Morgan fingerprint density at radius 3 is 2.24 bits per heavy atom. The molecule has 7 heteroatoms. The van der Waals surface area contributed by atoms with Crippen LogP contribution < -0.4 is 14.4 Å². The molecule has 0 N–H and O–H groups in total. The number of anilines is 1. The van der Waals surface area contributed by atoms with Crippen LogP contribution in [0.4, 0.5) is 5.69 Å². The second kappa shape index (κ2) is 8.41. The van der Waals surface area contributed by atoms with Crippen LogP contribution in [0.15, 0.2) is 59.3 Å². The lowest BCUT2D eigenvalue weighted by atomic mass is 10.0. The van der Waals surface area contributed by atoms with E-state index in [1.807, 2.05) is 0 Å². The number of hydrogen-bond donors (Lipinski definition) is 0. The van der Waals surface area contributed by atoms with Crippen molar-refractivity contribution in [3.05, 3.63) is 69.9 Å². The number of amides is 1. The standard InChI is InChI=1S/C22H20ClNO5/c1-13-20(22(26)29-4)17(11-14-5-10-18(27-2)19(12-14)28-3)21(25)24(13)16-8-6-15(23)7-9-16/h5-12H,1-4H3/b17-11-. The van der Waals surface area contributed by atoms with Crippen molar-refractivity contribution in [1.29, 1.82) is 0 Å². The monoisotopic (exact) mass is 413 g/mol. The Bertz CT molecular complexity index is 1020. The van der Waals surface area contributed by atoms with Gasteiger partial charge < -0.3 is 14.2 Å². The Balaban J connectivity index is 2.12. The van der Waals surface area contributed by atoms with Crippen molar-refractivity contribution in [2.75, 3.05) is 26.2 Å². The first-order valence-corrected chi connectivity index (χ1v) is 9.12. The topological polar surface area (TPSA) is 65.1 Å². The molecule has 1 amide bonds. The van der Waals surface area contributed by atoms with E-state index >= 15 is 0 Å². The van der Waals surface area contributed by atoms with Gasteiger partial charge in [-0.1, -0.05) is 17.7 Å². The minimum Gasteiger partial charge on any atom is -0.493 e. The van der Waals surface area contributed by atoms with Gasteiger partial charge in [0.25, 0.3) is 5.91 Å². The third-order valence-corrected chi connectivity index (χ3v) is 4.84. The summed E-state index contributed by atoms with van der Waals surface area (Å²) in [6, 6.07) is 12.0. The first-order chi connectivity index (χ1) is 13.9. The van der Waals surface area contributed by atoms with Crippen molar-refractivity contribution in [1.82, 2.24) is 0 Å². The van der Waals surface area contributed by atoms with Crippen molar-refractivity contribution >= 4 is 35.2 Å². The van der Waals surface area contributed by atoms with Gasteiger partial charge in [0.15, 0.2) is 11.5 Å². The molecule has 0 fully saturated rings. The first-order valence-electron chi connectivity index (χ1n) is 8.74. The molecule has 0 atom stereocenters. The Morgan fingerprint density at radius 1 is 1.00 bits per heavy atom. The molecule has 1 aliphatic heterocycles. The van der Waals surface area contributed by atoms with E-state index in [0.29, 0.717) is 33.5 Å². The predicted octanol–water partition coefficient (Wildman–Crippen LogP) is 4.23. The van der Waals surface area contributed by atoms with E-state index in [9.17, 15) is 9.59 Å². The van der Waals surface area contributed by atoms with Crippen LogP contribution in [0, 0.1) is 0 Å². The molecule has 6 nitrogen and oxygen atoms in total. The van der Waals surface area contributed by atoms with Crippen LogP contribution in [0.1, 0.15) is 12.5 Å². The molecule has 0 saturated carbocycles. The van der Waals surface area contributed by atoms with Crippen LogP contribution >= 0.6 is 11.6 Å². The van der Waals surface area contributed by atoms with E-state index in [2.05, 4.69) is 0 Å². The van der Waals surface area contributed by atoms with Gasteiger partial charge in [-0.15, -0.1) is 0 Å². The molecule has 1 aliphatic rings. The van der Waals surface area contributed by atoms with Crippen LogP contribution in [-0.4, -0.2) is 33.2 Å². The Hall–Kier alpha value is -3.25.